The summed E-state index contributed by atoms with van der Waals surface area (Å²) in [5.74, 6) is 1.04. The van der Waals surface area contributed by atoms with E-state index < -0.39 is 0 Å². The number of hydrogen-bond donors (Lipinski definition) is 1. The fourth-order valence-electron chi connectivity index (χ4n) is 3.81. The number of benzene rings is 1. The molecule has 26 heavy (non-hydrogen) atoms. The molecule has 0 bridgehead atoms. The summed E-state index contributed by atoms with van der Waals surface area (Å²) in [6, 6.07) is 7.61. The number of amides is 1. The summed E-state index contributed by atoms with van der Waals surface area (Å²) in [7, 11) is 0. The summed E-state index contributed by atoms with van der Waals surface area (Å²) in [4.78, 5) is 25.1. The number of nitriles is 1. The van der Waals surface area contributed by atoms with E-state index in [9.17, 15) is 10.1 Å². The predicted octanol–water partition coefficient (Wildman–Crippen LogP) is 1.70. The van der Waals surface area contributed by atoms with Gasteiger partial charge in [0.05, 0.1) is 18.8 Å². The summed E-state index contributed by atoms with van der Waals surface area (Å²) in [5, 5.41) is 9.31. The Kier molecular flexibility index (Phi) is 3.96. The number of nitrogens with zero attached hydrogens (tertiary/aromatic N) is 5. The van der Waals surface area contributed by atoms with Gasteiger partial charge in [0, 0.05) is 17.7 Å². The van der Waals surface area contributed by atoms with Crippen molar-refractivity contribution < 1.29 is 4.79 Å². The first-order valence-electron chi connectivity index (χ1n) is 8.75. The highest BCUT2D eigenvalue weighted by Gasteiger charge is 2.35. The number of carbonyl (C=O) groups is 1. The van der Waals surface area contributed by atoms with Crippen LogP contribution in [0.25, 0.3) is 11.4 Å². The molecule has 0 saturated carbocycles. The van der Waals surface area contributed by atoms with Gasteiger partial charge in [0.15, 0.2) is 12.0 Å². The van der Waals surface area contributed by atoms with E-state index in [1.54, 1.807) is 4.90 Å². The number of rotatable bonds is 3. The quantitative estimate of drug-likeness (QED) is 0.848. The molecule has 2 aromatic rings. The Morgan fingerprint density at radius 2 is 2.12 bits per heavy atom. The van der Waals surface area contributed by atoms with E-state index in [0.717, 1.165) is 47.6 Å². The molecular weight excluding hydrogens is 328 g/mol. The van der Waals surface area contributed by atoms with Crippen LogP contribution in [0.2, 0.25) is 0 Å². The minimum absolute atomic E-state index is 0.331. The molecule has 7 heteroatoms. The van der Waals surface area contributed by atoms with E-state index in [1.807, 2.05) is 36.1 Å². The van der Waals surface area contributed by atoms with E-state index >= 15 is 0 Å². The average Bonchev–Trinajstić information content (AvgIpc) is 3.27. The average molecular weight is 348 g/mol. The molecule has 2 aliphatic heterocycles. The predicted molar refractivity (Wildman–Crippen MR) is 96.6 cm³/mol. The minimum Gasteiger partial charge on any atom is -0.368 e. The summed E-state index contributed by atoms with van der Waals surface area (Å²) in [5.41, 5.74) is 9.43. The van der Waals surface area contributed by atoms with Crippen molar-refractivity contribution in [2.45, 2.75) is 38.9 Å². The maximum absolute atomic E-state index is 11.9. The molecule has 7 nitrogen and oxygen atoms in total. The van der Waals surface area contributed by atoms with Crippen LogP contribution in [0.4, 0.5) is 5.82 Å². The molecule has 1 amide bonds. The third-order valence-electron chi connectivity index (χ3n) is 5.14. The third kappa shape index (κ3) is 2.64. The number of fused-ring (bicyclic) bond motifs is 1. The summed E-state index contributed by atoms with van der Waals surface area (Å²) >= 11 is 0. The molecule has 1 saturated heterocycles. The van der Waals surface area contributed by atoms with Crippen molar-refractivity contribution in [3.05, 3.63) is 41.1 Å². The maximum Gasteiger partial charge on any atom is 0.240 e. The molecule has 132 valence electrons. The van der Waals surface area contributed by atoms with Gasteiger partial charge in [-0.2, -0.15) is 5.26 Å². The molecule has 0 radical (unpaired) electrons. The zero-order chi connectivity index (χ0) is 18.3. The molecule has 0 aliphatic carbocycles. The van der Waals surface area contributed by atoms with Crippen molar-refractivity contribution in [3.8, 4) is 17.6 Å². The Bertz CT molecular complexity index is 919. The molecule has 2 N–H and O–H groups in total. The highest BCUT2D eigenvalue weighted by atomic mass is 16.1. The fourth-order valence-corrected chi connectivity index (χ4v) is 3.81. The van der Waals surface area contributed by atoms with Crippen LogP contribution in [0.3, 0.4) is 0 Å². The van der Waals surface area contributed by atoms with Gasteiger partial charge in [0.2, 0.25) is 5.91 Å². The van der Waals surface area contributed by atoms with Gasteiger partial charge in [-0.3, -0.25) is 4.79 Å². The van der Waals surface area contributed by atoms with Crippen molar-refractivity contribution in [1.29, 1.82) is 5.26 Å². The Hall–Kier alpha value is -3.14. The van der Waals surface area contributed by atoms with E-state index in [-0.39, 0.29) is 11.9 Å². The zero-order valence-corrected chi connectivity index (χ0v) is 14.6. The molecule has 1 unspecified atom stereocenters. The van der Waals surface area contributed by atoms with Crippen LogP contribution in [0, 0.1) is 18.4 Å². The highest BCUT2D eigenvalue weighted by Crippen LogP contribution is 2.35. The second-order valence-corrected chi connectivity index (χ2v) is 6.82. The molecule has 1 atom stereocenters. The summed E-state index contributed by atoms with van der Waals surface area (Å²) < 4.78 is 0. The van der Waals surface area contributed by atoms with Gasteiger partial charge in [0.25, 0.3) is 0 Å². The SMILES string of the molecule is Cc1ccccc1-c1nc2c(c(N3CCCC3C(N)=O)n1)CN(C#N)C2. The minimum atomic E-state index is -0.352. The molecule has 1 aromatic carbocycles. The normalized spacial score (nSPS) is 18.7. The second kappa shape index (κ2) is 6.30. The van der Waals surface area contributed by atoms with Crippen molar-refractivity contribution >= 4 is 11.7 Å². The first-order chi connectivity index (χ1) is 12.6. The molecule has 4 rings (SSSR count). The number of primary amides is 1. The fraction of sp³-hybridized carbons (Fsp3) is 0.368. The third-order valence-corrected chi connectivity index (χ3v) is 5.14. The first kappa shape index (κ1) is 16.3. The topological polar surface area (TPSA) is 99.1 Å². The Balaban J connectivity index is 1.87. The lowest BCUT2D eigenvalue weighted by atomic mass is 10.1. The molecule has 1 fully saturated rings. The number of aryl methyl sites for hydroxylation is 1. The number of carbonyl (C=O) groups excluding carboxylic acids is 1. The Morgan fingerprint density at radius 3 is 2.85 bits per heavy atom. The summed E-state index contributed by atoms with van der Waals surface area (Å²) in [6.07, 6.45) is 3.82. The van der Waals surface area contributed by atoms with E-state index in [0.29, 0.717) is 18.9 Å². The summed E-state index contributed by atoms with van der Waals surface area (Å²) in [6.45, 7) is 3.69. The molecular formula is C19H20N6O. The van der Waals surface area contributed by atoms with Gasteiger partial charge < -0.3 is 15.5 Å². The van der Waals surface area contributed by atoms with Crippen molar-refractivity contribution in [2.24, 2.45) is 5.73 Å². The van der Waals surface area contributed by atoms with Crippen LogP contribution >= 0.6 is 0 Å². The van der Waals surface area contributed by atoms with Crippen LogP contribution in [0.1, 0.15) is 29.7 Å². The lowest BCUT2D eigenvalue weighted by Crippen LogP contribution is -2.41. The number of hydrogen-bond acceptors (Lipinski definition) is 6. The van der Waals surface area contributed by atoms with Crippen molar-refractivity contribution in [1.82, 2.24) is 14.9 Å². The van der Waals surface area contributed by atoms with Crippen LogP contribution in [0.15, 0.2) is 24.3 Å². The van der Waals surface area contributed by atoms with E-state index in [4.69, 9.17) is 15.7 Å². The largest absolute Gasteiger partial charge is 0.368 e. The molecule has 1 aromatic heterocycles. The lowest BCUT2D eigenvalue weighted by molar-refractivity contribution is -0.119. The van der Waals surface area contributed by atoms with Crippen LogP contribution in [0.5, 0.6) is 0 Å². The van der Waals surface area contributed by atoms with E-state index in [2.05, 4.69) is 6.19 Å². The first-order valence-corrected chi connectivity index (χ1v) is 8.75. The molecule has 3 heterocycles. The van der Waals surface area contributed by atoms with Crippen molar-refractivity contribution in [2.75, 3.05) is 11.4 Å². The zero-order valence-electron chi connectivity index (χ0n) is 14.6. The number of aromatic nitrogens is 2. The van der Waals surface area contributed by atoms with Crippen molar-refractivity contribution in [3.63, 3.8) is 0 Å². The van der Waals surface area contributed by atoms with E-state index in [1.165, 1.54) is 0 Å². The number of anilines is 1. The Labute approximate surface area is 152 Å². The Morgan fingerprint density at radius 1 is 1.31 bits per heavy atom. The van der Waals surface area contributed by atoms with Crippen LogP contribution in [-0.4, -0.2) is 33.4 Å². The molecule has 2 aliphatic rings. The van der Waals surface area contributed by atoms with Gasteiger partial charge in [-0.1, -0.05) is 24.3 Å². The maximum atomic E-state index is 11.9. The number of nitrogens with two attached hydrogens (primary N) is 1. The van der Waals surface area contributed by atoms with Gasteiger partial charge >= 0.3 is 0 Å². The van der Waals surface area contributed by atoms with Gasteiger partial charge in [-0.25, -0.2) is 9.97 Å². The smallest absolute Gasteiger partial charge is 0.240 e. The highest BCUT2D eigenvalue weighted by molar-refractivity contribution is 5.84. The van der Waals surface area contributed by atoms with Gasteiger partial charge in [-0.15, -0.1) is 0 Å². The second-order valence-electron chi connectivity index (χ2n) is 6.82. The standard InChI is InChI=1S/C19H20N6O/c1-12-5-2-3-6-13(12)18-22-15-10-24(11-20)9-14(15)19(23-18)25-8-4-7-16(25)17(21)26/h2-3,5-6,16H,4,7-10H2,1H3,(H2,21,26). The lowest BCUT2D eigenvalue weighted by Gasteiger charge is -2.25. The monoisotopic (exact) mass is 348 g/mol. The molecule has 0 spiro atoms. The van der Waals surface area contributed by atoms with Crippen LogP contribution < -0.4 is 10.6 Å². The van der Waals surface area contributed by atoms with Crippen LogP contribution in [-0.2, 0) is 17.9 Å². The van der Waals surface area contributed by atoms with Gasteiger partial charge in [-0.05, 0) is 25.3 Å². The van der Waals surface area contributed by atoms with Gasteiger partial charge in [0.1, 0.15) is 11.9 Å².